The van der Waals surface area contributed by atoms with Crippen molar-refractivity contribution in [2.24, 2.45) is 0 Å². The van der Waals surface area contributed by atoms with Crippen LogP contribution in [0.25, 0.3) is 6.08 Å². The molecule has 1 aromatic carbocycles. The molecular formula is C18H12N4O5S. The number of carbonyl (C=O) groups excluding carboxylic acids is 2. The summed E-state index contributed by atoms with van der Waals surface area (Å²) in [6.07, 6.45) is 3.20. The van der Waals surface area contributed by atoms with E-state index in [-0.39, 0.29) is 29.3 Å². The van der Waals surface area contributed by atoms with Crippen LogP contribution in [0.2, 0.25) is 0 Å². The fourth-order valence-electron chi connectivity index (χ4n) is 2.75. The lowest BCUT2D eigenvalue weighted by Crippen LogP contribution is -2.51. The number of ether oxygens (including phenoxy) is 1. The predicted molar refractivity (Wildman–Crippen MR) is 99.2 cm³/mol. The number of hydrogen-bond acceptors (Lipinski definition) is 8. The maximum absolute atomic E-state index is 12.4. The average molecular weight is 396 g/mol. The van der Waals surface area contributed by atoms with Gasteiger partial charge in [-0.15, -0.1) is 11.8 Å². The highest BCUT2D eigenvalue weighted by Crippen LogP contribution is 2.45. The molecule has 1 atom stereocenters. The van der Waals surface area contributed by atoms with Crippen LogP contribution >= 0.6 is 11.8 Å². The van der Waals surface area contributed by atoms with Crippen LogP contribution in [0.3, 0.4) is 0 Å². The minimum Gasteiger partial charge on any atom is -0.456 e. The average Bonchev–Trinajstić information content (AvgIpc) is 3.12. The number of β-lactam (4-membered cyclic amide) rings is 1. The van der Waals surface area contributed by atoms with Crippen LogP contribution in [0.4, 0.5) is 5.69 Å². The molecule has 140 valence electrons. The molecule has 0 unspecified atom stereocenters. The molecule has 3 heterocycles. The molecule has 1 fully saturated rings. The number of carbonyl (C=O) groups is 2. The summed E-state index contributed by atoms with van der Waals surface area (Å²) in [6.45, 7) is -0.0478. The highest BCUT2D eigenvalue weighted by atomic mass is 32.2. The number of fused-ring (bicyclic) bond motifs is 1. The molecule has 9 nitrogen and oxygen atoms in total. The van der Waals surface area contributed by atoms with Crippen LogP contribution in [0.1, 0.15) is 11.3 Å². The lowest BCUT2D eigenvalue weighted by atomic mass is 10.0. The minimum atomic E-state index is -0.625. The van der Waals surface area contributed by atoms with Crippen molar-refractivity contribution >= 4 is 35.4 Å². The van der Waals surface area contributed by atoms with Gasteiger partial charge in [-0.05, 0) is 35.9 Å². The van der Waals surface area contributed by atoms with E-state index in [1.807, 2.05) is 0 Å². The first-order valence-corrected chi connectivity index (χ1v) is 9.08. The second kappa shape index (κ2) is 7.24. The molecule has 1 amide bonds. The number of nitrogens with zero attached hydrogens (tertiary/aromatic N) is 4. The van der Waals surface area contributed by atoms with Gasteiger partial charge in [0.15, 0.2) is 0 Å². The molecule has 0 bridgehead atoms. The van der Waals surface area contributed by atoms with Gasteiger partial charge in [0.1, 0.15) is 17.7 Å². The fourth-order valence-corrected chi connectivity index (χ4v) is 3.86. The molecule has 28 heavy (non-hydrogen) atoms. The Morgan fingerprint density at radius 3 is 2.79 bits per heavy atom. The highest BCUT2D eigenvalue weighted by Gasteiger charge is 2.49. The molecule has 0 aliphatic carbocycles. The summed E-state index contributed by atoms with van der Waals surface area (Å²) in [6, 6.07) is 9.17. The number of thioether (sulfide) groups is 1. The molecule has 0 radical (unpaired) electrons. The quantitative estimate of drug-likeness (QED) is 0.248. The third kappa shape index (κ3) is 3.25. The number of esters is 1. The Morgan fingerprint density at radius 1 is 1.32 bits per heavy atom. The summed E-state index contributed by atoms with van der Waals surface area (Å²) < 4.78 is 5.24. The largest absolute Gasteiger partial charge is 0.456 e. The number of aromatic nitrogens is 2. The van der Waals surface area contributed by atoms with Gasteiger partial charge in [0.25, 0.3) is 11.6 Å². The lowest BCUT2D eigenvalue weighted by Gasteiger charge is -2.37. The van der Waals surface area contributed by atoms with E-state index < -0.39 is 10.9 Å². The monoisotopic (exact) mass is 396 g/mol. The van der Waals surface area contributed by atoms with Crippen molar-refractivity contribution < 1.29 is 19.2 Å². The first-order valence-electron chi connectivity index (χ1n) is 8.13. The number of non-ortho nitro benzene ring substituents is 1. The molecule has 4 rings (SSSR count). The Bertz CT molecular complexity index is 1020. The number of benzene rings is 1. The first kappa shape index (κ1) is 17.9. The van der Waals surface area contributed by atoms with Crippen molar-refractivity contribution in [3.05, 3.63) is 80.6 Å². The van der Waals surface area contributed by atoms with Crippen LogP contribution in [0, 0.1) is 10.1 Å². The molecule has 10 heteroatoms. The SMILES string of the molecule is O=C(OCc1ccc([N+](=O)[O-])cc1)C1=CS[C@@H]2C(=Cc3cccnn3)C(=O)N12. The van der Waals surface area contributed by atoms with Gasteiger partial charge in [-0.1, -0.05) is 0 Å². The van der Waals surface area contributed by atoms with E-state index in [1.165, 1.54) is 40.9 Å². The Kier molecular flexibility index (Phi) is 4.62. The van der Waals surface area contributed by atoms with E-state index in [9.17, 15) is 19.7 Å². The zero-order valence-corrected chi connectivity index (χ0v) is 15.0. The molecular weight excluding hydrogens is 384 g/mol. The van der Waals surface area contributed by atoms with Crippen molar-refractivity contribution in [3.63, 3.8) is 0 Å². The third-order valence-electron chi connectivity index (χ3n) is 4.16. The molecule has 0 spiro atoms. The van der Waals surface area contributed by atoms with E-state index in [4.69, 9.17) is 4.74 Å². The van der Waals surface area contributed by atoms with Gasteiger partial charge >= 0.3 is 5.97 Å². The number of nitro benzene ring substituents is 1. The zero-order chi connectivity index (χ0) is 19.7. The first-order chi connectivity index (χ1) is 13.5. The standard InChI is InChI=1S/C18H12N4O5S/c23-16-14(8-12-2-1-7-19-20-12)17-21(16)15(10-28-17)18(24)27-9-11-3-5-13(6-4-11)22(25)26/h1-8,10,17H,9H2/t17-/m1/s1. The number of nitro groups is 1. The van der Waals surface area contributed by atoms with Crippen molar-refractivity contribution in [1.29, 1.82) is 0 Å². The molecule has 1 saturated heterocycles. The van der Waals surface area contributed by atoms with Crippen LogP contribution in [-0.2, 0) is 20.9 Å². The Balaban J connectivity index is 1.38. The van der Waals surface area contributed by atoms with E-state index in [0.717, 1.165) is 0 Å². The van der Waals surface area contributed by atoms with Gasteiger partial charge in [-0.25, -0.2) is 4.79 Å². The normalized spacial score (nSPS) is 19.1. The summed E-state index contributed by atoms with van der Waals surface area (Å²) in [4.78, 5) is 36.3. The third-order valence-corrected chi connectivity index (χ3v) is 5.24. The number of rotatable bonds is 5. The van der Waals surface area contributed by atoms with E-state index >= 15 is 0 Å². The Labute approximate surface area is 162 Å². The second-order valence-electron chi connectivity index (χ2n) is 5.91. The molecule has 1 aromatic heterocycles. The van der Waals surface area contributed by atoms with Gasteiger partial charge < -0.3 is 4.74 Å². The van der Waals surface area contributed by atoms with Crippen LogP contribution in [0.5, 0.6) is 0 Å². The summed E-state index contributed by atoms with van der Waals surface area (Å²) in [5.41, 5.74) is 1.86. The highest BCUT2D eigenvalue weighted by molar-refractivity contribution is 8.03. The summed E-state index contributed by atoms with van der Waals surface area (Å²) in [5.74, 6) is -0.903. The van der Waals surface area contributed by atoms with Gasteiger partial charge in [-0.3, -0.25) is 19.8 Å². The minimum absolute atomic E-state index is 0.0404. The fraction of sp³-hybridized carbons (Fsp3) is 0.111. The van der Waals surface area contributed by atoms with Gasteiger partial charge in [0, 0.05) is 23.7 Å². The summed E-state index contributed by atoms with van der Waals surface area (Å²) >= 11 is 1.34. The van der Waals surface area contributed by atoms with E-state index in [2.05, 4.69) is 10.2 Å². The van der Waals surface area contributed by atoms with Crippen molar-refractivity contribution in [2.75, 3.05) is 0 Å². The number of hydrogen-bond donors (Lipinski definition) is 0. The van der Waals surface area contributed by atoms with Crippen LogP contribution in [-0.4, -0.2) is 37.3 Å². The van der Waals surface area contributed by atoms with Crippen LogP contribution < -0.4 is 0 Å². The van der Waals surface area contributed by atoms with Gasteiger partial charge in [0.2, 0.25) is 0 Å². The molecule has 2 aromatic rings. The molecule has 0 N–H and O–H groups in total. The van der Waals surface area contributed by atoms with E-state index in [1.54, 1.807) is 29.8 Å². The number of amides is 1. The topological polar surface area (TPSA) is 116 Å². The summed E-state index contributed by atoms with van der Waals surface area (Å²) in [7, 11) is 0. The second-order valence-corrected chi connectivity index (χ2v) is 6.87. The molecule has 2 aliphatic heterocycles. The Hall–Kier alpha value is -3.53. The van der Waals surface area contributed by atoms with Crippen molar-refractivity contribution in [1.82, 2.24) is 15.1 Å². The maximum Gasteiger partial charge on any atom is 0.355 e. The molecule has 0 saturated carbocycles. The van der Waals surface area contributed by atoms with Crippen molar-refractivity contribution in [3.8, 4) is 0 Å². The Morgan fingerprint density at radius 2 is 2.11 bits per heavy atom. The van der Waals surface area contributed by atoms with E-state index in [0.29, 0.717) is 16.8 Å². The summed E-state index contributed by atoms with van der Waals surface area (Å²) in [5, 5.41) is 19.7. The van der Waals surface area contributed by atoms with Gasteiger partial charge in [-0.2, -0.15) is 10.2 Å². The lowest BCUT2D eigenvalue weighted by molar-refractivity contribution is -0.384. The maximum atomic E-state index is 12.4. The predicted octanol–water partition coefficient (Wildman–Crippen LogP) is 2.27. The van der Waals surface area contributed by atoms with Gasteiger partial charge in [0.05, 0.1) is 16.2 Å². The zero-order valence-electron chi connectivity index (χ0n) is 14.2. The molecule has 2 aliphatic rings. The smallest absolute Gasteiger partial charge is 0.355 e. The van der Waals surface area contributed by atoms with Crippen LogP contribution in [0.15, 0.2) is 59.3 Å². The van der Waals surface area contributed by atoms with Crippen molar-refractivity contribution in [2.45, 2.75) is 12.0 Å².